The predicted octanol–water partition coefficient (Wildman–Crippen LogP) is 3.31. The fourth-order valence-corrected chi connectivity index (χ4v) is 1.24. The Morgan fingerprint density at radius 1 is 0.375 bits per heavy atom. The fraction of sp³-hybridized carbons (Fsp3) is 1.00. The van der Waals surface area contributed by atoms with Gasteiger partial charge in [0.15, 0.2) is 0 Å². The van der Waals surface area contributed by atoms with Gasteiger partial charge in [-0.2, -0.15) is 0 Å². The van der Waals surface area contributed by atoms with Gasteiger partial charge in [0.05, 0.1) is 0 Å². The lowest BCUT2D eigenvalue weighted by atomic mass is 10.2. The Balaban J connectivity index is 0.000000490. The molecule has 0 N–H and O–H groups in total. The molecular formula is C7H15Br. The van der Waals surface area contributed by atoms with E-state index in [9.17, 15) is 0 Å². The second-order valence-electron chi connectivity index (χ2n) is 2.47. The highest BCUT2D eigenvalue weighted by atomic mass is 79.9. The van der Waals surface area contributed by atoms with Crippen LogP contribution in [0.1, 0.15) is 44.9 Å². The van der Waals surface area contributed by atoms with Gasteiger partial charge in [-0.05, 0) is 0 Å². The smallest absolute Gasteiger partial charge is 0.0533 e. The number of rotatable bonds is 0. The summed E-state index contributed by atoms with van der Waals surface area (Å²) in [6, 6.07) is 0. The lowest BCUT2D eigenvalue weighted by Crippen LogP contribution is -1.66. The molecule has 1 aliphatic carbocycles. The fourth-order valence-electron chi connectivity index (χ4n) is 1.24. The van der Waals surface area contributed by atoms with Crippen LogP contribution in [0.15, 0.2) is 0 Å². The molecule has 0 aromatic carbocycles. The van der Waals surface area contributed by atoms with Gasteiger partial charge in [0.2, 0.25) is 0 Å². The molecule has 1 saturated carbocycles. The molecule has 50 valence electrons. The first-order valence-corrected chi connectivity index (χ1v) is 3.50. The average molecular weight is 179 g/mol. The molecule has 1 heteroatoms. The summed E-state index contributed by atoms with van der Waals surface area (Å²) < 4.78 is 0. The Labute approximate surface area is 62.4 Å². The van der Waals surface area contributed by atoms with E-state index in [-0.39, 0.29) is 17.0 Å². The molecular weight excluding hydrogens is 164 g/mol. The van der Waals surface area contributed by atoms with Crippen molar-refractivity contribution in [1.82, 2.24) is 0 Å². The van der Waals surface area contributed by atoms with Crippen LogP contribution in [0.2, 0.25) is 0 Å². The van der Waals surface area contributed by atoms with Crippen molar-refractivity contribution < 1.29 is 0 Å². The van der Waals surface area contributed by atoms with E-state index in [1.165, 1.54) is 44.9 Å². The van der Waals surface area contributed by atoms with Gasteiger partial charge in [-0.25, -0.2) is 0 Å². The Hall–Kier alpha value is 0.480. The molecule has 0 unspecified atom stereocenters. The maximum Gasteiger partial charge on any atom is -0.0533 e. The summed E-state index contributed by atoms with van der Waals surface area (Å²) in [7, 11) is 0. The minimum Gasteiger partial charge on any atom is -0.114 e. The first-order valence-electron chi connectivity index (χ1n) is 3.50. The lowest BCUT2D eigenvalue weighted by Gasteiger charge is -1.85. The van der Waals surface area contributed by atoms with Crippen molar-refractivity contribution in [3.8, 4) is 0 Å². The molecule has 0 heterocycles. The van der Waals surface area contributed by atoms with Gasteiger partial charge in [0, 0.05) is 0 Å². The van der Waals surface area contributed by atoms with Crippen LogP contribution in [-0.4, -0.2) is 0 Å². The van der Waals surface area contributed by atoms with E-state index >= 15 is 0 Å². The second kappa shape index (κ2) is 5.61. The molecule has 0 aromatic heterocycles. The monoisotopic (exact) mass is 178 g/mol. The summed E-state index contributed by atoms with van der Waals surface area (Å²) in [4.78, 5) is 0. The third kappa shape index (κ3) is 3.48. The molecule has 0 atom stereocenters. The van der Waals surface area contributed by atoms with Gasteiger partial charge < -0.3 is 0 Å². The Kier molecular flexibility index (Phi) is 5.95. The number of halogens is 1. The van der Waals surface area contributed by atoms with Gasteiger partial charge in [-0.1, -0.05) is 44.9 Å². The van der Waals surface area contributed by atoms with Crippen LogP contribution in [-0.2, 0) is 0 Å². The minimum atomic E-state index is 0. The topological polar surface area (TPSA) is 0 Å². The molecule has 0 radical (unpaired) electrons. The summed E-state index contributed by atoms with van der Waals surface area (Å²) in [6.45, 7) is 0. The van der Waals surface area contributed by atoms with Gasteiger partial charge in [-0.3, -0.25) is 0 Å². The third-order valence-electron chi connectivity index (χ3n) is 1.75. The summed E-state index contributed by atoms with van der Waals surface area (Å²) >= 11 is 0. The molecule has 0 amide bonds. The van der Waals surface area contributed by atoms with Gasteiger partial charge in [0.25, 0.3) is 0 Å². The SMILES string of the molecule is Br.C1CCCCCC1. The molecule has 0 spiro atoms. The molecule has 1 fully saturated rings. The van der Waals surface area contributed by atoms with E-state index in [0.717, 1.165) is 0 Å². The Morgan fingerprint density at radius 2 is 0.500 bits per heavy atom. The van der Waals surface area contributed by atoms with Crippen LogP contribution in [0.5, 0.6) is 0 Å². The molecule has 8 heavy (non-hydrogen) atoms. The van der Waals surface area contributed by atoms with Gasteiger partial charge in [0.1, 0.15) is 0 Å². The second-order valence-corrected chi connectivity index (χ2v) is 2.47. The van der Waals surface area contributed by atoms with Crippen LogP contribution in [0.3, 0.4) is 0 Å². The van der Waals surface area contributed by atoms with E-state index in [1.807, 2.05) is 0 Å². The zero-order valence-corrected chi connectivity index (χ0v) is 7.07. The normalized spacial score (nSPS) is 21.0. The van der Waals surface area contributed by atoms with Crippen molar-refractivity contribution in [2.75, 3.05) is 0 Å². The van der Waals surface area contributed by atoms with Crippen molar-refractivity contribution in [3.05, 3.63) is 0 Å². The van der Waals surface area contributed by atoms with E-state index < -0.39 is 0 Å². The van der Waals surface area contributed by atoms with Crippen LogP contribution in [0.25, 0.3) is 0 Å². The molecule has 0 bridgehead atoms. The molecule has 0 nitrogen and oxygen atoms in total. The van der Waals surface area contributed by atoms with Crippen LogP contribution < -0.4 is 0 Å². The highest BCUT2D eigenvalue weighted by Crippen LogP contribution is 2.15. The zero-order chi connectivity index (χ0) is 4.95. The van der Waals surface area contributed by atoms with Crippen LogP contribution in [0.4, 0.5) is 0 Å². The van der Waals surface area contributed by atoms with E-state index in [1.54, 1.807) is 0 Å². The molecule has 0 aromatic rings. The standard InChI is InChI=1S/C7H14.BrH/c1-2-4-6-7-5-3-1;/h1-7H2;1H. The summed E-state index contributed by atoms with van der Waals surface area (Å²) in [6.07, 6.45) is 10.5. The molecule has 0 saturated heterocycles. The molecule has 1 aliphatic rings. The maximum absolute atomic E-state index is 1.50. The van der Waals surface area contributed by atoms with Crippen LogP contribution in [0, 0.1) is 0 Å². The predicted molar refractivity (Wildman–Crippen MR) is 42.6 cm³/mol. The van der Waals surface area contributed by atoms with Gasteiger partial charge >= 0.3 is 0 Å². The highest BCUT2D eigenvalue weighted by Gasteiger charge is 1.95. The third-order valence-corrected chi connectivity index (χ3v) is 1.75. The largest absolute Gasteiger partial charge is 0.114 e. The first kappa shape index (κ1) is 8.48. The maximum atomic E-state index is 1.50. The Morgan fingerprint density at radius 3 is 0.625 bits per heavy atom. The summed E-state index contributed by atoms with van der Waals surface area (Å²) in [5.41, 5.74) is 0. The minimum absolute atomic E-state index is 0. The number of hydrogen-bond acceptors (Lipinski definition) is 0. The van der Waals surface area contributed by atoms with E-state index in [0.29, 0.717) is 0 Å². The van der Waals surface area contributed by atoms with E-state index in [2.05, 4.69) is 0 Å². The van der Waals surface area contributed by atoms with Gasteiger partial charge in [-0.15, -0.1) is 17.0 Å². The molecule has 0 aliphatic heterocycles. The van der Waals surface area contributed by atoms with Crippen molar-refractivity contribution >= 4 is 17.0 Å². The van der Waals surface area contributed by atoms with Crippen molar-refractivity contribution in [2.24, 2.45) is 0 Å². The van der Waals surface area contributed by atoms with E-state index in [4.69, 9.17) is 0 Å². The average Bonchev–Trinajstić information content (AvgIpc) is 1.90. The number of hydrogen-bond donors (Lipinski definition) is 0. The van der Waals surface area contributed by atoms with Crippen molar-refractivity contribution in [2.45, 2.75) is 44.9 Å². The summed E-state index contributed by atoms with van der Waals surface area (Å²) in [5, 5.41) is 0. The zero-order valence-electron chi connectivity index (χ0n) is 5.36. The first-order chi connectivity index (χ1) is 3.50. The lowest BCUT2D eigenvalue weighted by molar-refractivity contribution is 0.702. The Bertz CT molecular complexity index is 24.0. The highest BCUT2D eigenvalue weighted by molar-refractivity contribution is 8.93. The van der Waals surface area contributed by atoms with Crippen LogP contribution >= 0.6 is 17.0 Å². The molecule has 1 rings (SSSR count). The van der Waals surface area contributed by atoms with Crippen molar-refractivity contribution in [3.63, 3.8) is 0 Å². The van der Waals surface area contributed by atoms with Crippen molar-refractivity contribution in [1.29, 1.82) is 0 Å². The summed E-state index contributed by atoms with van der Waals surface area (Å²) in [5.74, 6) is 0. The quantitative estimate of drug-likeness (QED) is 0.500.